The highest BCUT2D eigenvalue weighted by atomic mass is 35.5. The Morgan fingerprint density at radius 1 is 1.22 bits per heavy atom. The number of benzene rings is 1. The van der Waals surface area contributed by atoms with Gasteiger partial charge in [-0.05, 0) is 12.8 Å². The molecule has 1 aliphatic carbocycles. The fourth-order valence-corrected chi connectivity index (χ4v) is 3.13. The maximum atomic E-state index is 12.0. The lowest BCUT2D eigenvalue weighted by molar-refractivity contribution is -0.174. The number of carboxylic acids is 1. The molecule has 1 aromatic rings. The molecule has 0 heterocycles. The van der Waals surface area contributed by atoms with Crippen molar-refractivity contribution in [3.05, 3.63) is 17.2 Å². The van der Waals surface area contributed by atoms with E-state index in [0.29, 0.717) is 24.3 Å². The van der Waals surface area contributed by atoms with Crippen molar-refractivity contribution in [2.75, 3.05) is 21.3 Å². The molecule has 1 fully saturated rings. The van der Waals surface area contributed by atoms with Crippen molar-refractivity contribution in [2.45, 2.75) is 37.4 Å². The third kappa shape index (κ3) is 3.33. The number of halogens is 1. The molecule has 1 N–H and O–H groups in total. The predicted molar refractivity (Wildman–Crippen MR) is 84.8 cm³/mol. The molecule has 2 rings (SSSR count). The zero-order valence-electron chi connectivity index (χ0n) is 13.4. The van der Waals surface area contributed by atoms with Crippen molar-refractivity contribution in [1.82, 2.24) is 0 Å². The van der Waals surface area contributed by atoms with Gasteiger partial charge in [-0.2, -0.15) is 0 Å². The van der Waals surface area contributed by atoms with Crippen LogP contribution in [-0.4, -0.2) is 44.1 Å². The van der Waals surface area contributed by atoms with Crippen molar-refractivity contribution >= 4 is 17.6 Å². The van der Waals surface area contributed by atoms with Crippen molar-refractivity contribution in [2.24, 2.45) is 0 Å². The van der Waals surface area contributed by atoms with E-state index in [1.165, 1.54) is 21.3 Å². The van der Waals surface area contributed by atoms with E-state index in [9.17, 15) is 9.90 Å². The minimum absolute atomic E-state index is 0.203. The second-order valence-electron chi connectivity index (χ2n) is 5.41. The molecule has 0 saturated heterocycles. The molecule has 0 aliphatic heterocycles. The lowest BCUT2D eigenvalue weighted by Crippen LogP contribution is -2.56. The second-order valence-corrected chi connectivity index (χ2v) is 5.79. The molecule has 0 amide bonds. The molecule has 2 atom stereocenters. The molecule has 2 unspecified atom stereocenters. The van der Waals surface area contributed by atoms with Gasteiger partial charge in [0.2, 0.25) is 5.60 Å². The first-order valence-electron chi connectivity index (χ1n) is 7.35. The van der Waals surface area contributed by atoms with Gasteiger partial charge in [-0.25, -0.2) is 4.79 Å². The van der Waals surface area contributed by atoms with Gasteiger partial charge in [0.25, 0.3) is 0 Å². The predicted octanol–water partition coefficient (Wildman–Crippen LogP) is 3.15. The largest absolute Gasteiger partial charge is 0.496 e. The number of methoxy groups -OCH3 is 3. The fraction of sp³-hybridized carbons (Fsp3) is 0.562. The van der Waals surface area contributed by atoms with Crippen LogP contribution in [0.25, 0.3) is 0 Å². The van der Waals surface area contributed by atoms with Gasteiger partial charge in [-0.3, -0.25) is 0 Å². The molecule has 1 aliphatic rings. The van der Waals surface area contributed by atoms with Crippen LogP contribution < -0.4 is 14.2 Å². The average molecular weight is 345 g/mol. The summed E-state index contributed by atoms with van der Waals surface area (Å²) in [6, 6.07) is 3.16. The molecule has 0 radical (unpaired) electrons. The van der Waals surface area contributed by atoms with Gasteiger partial charge >= 0.3 is 5.97 Å². The minimum Gasteiger partial charge on any atom is -0.496 e. The first kappa shape index (κ1) is 17.7. The topological polar surface area (TPSA) is 74.2 Å². The quantitative estimate of drug-likeness (QED) is 0.854. The number of hydrogen-bond acceptors (Lipinski definition) is 5. The molecule has 1 aromatic carbocycles. The van der Waals surface area contributed by atoms with Crippen LogP contribution in [0.5, 0.6) is 17.2 Å². The Labute approximate surface area is 140 Å². The number of ether oxygens (including phenoxy) is 4. The lowest BCUT2D eigenvalue weighted by atomic mass is 9.81. The van der Waals surface area contributed by atoms with Gasteiger partial charge in [0.05, 0.1) is 14.2 Å². The van der Waals surface area contributed by atoms with Gasteiger partial charge in [0.15, 0.2) is 0 Å². The Balaban J connectivity index is 2.46. The SMILES string of the molecule is COc1cc(OC)c(Cl)c(OC2(C(=O)O)CCCCC2OC)c1. The summed E-state index contributed by atoms with van der Waals surface area (Å²) in [5, 5.41) is 9.99. The van der Waals surface area contributed by atoms with E-state index in [1.54, 1.807) is 12.1 Å². The van der Waals surface area contributed by atoms with Crippen molar-refractivity contribution < 1.29 is 28.8 Å². The van der Waals surface area contributed by atoms with E-state index >= 15 is 0 Å². The van der Waals surface area contributed by atoms with Crippen LogP contribution in [0.1, 0.15) is 25.7 Å². The van der Waals surface area contributed by atoms with E-state index in [4.69, 9.17) is 30.5 Å². The van der Waals surface area contributed by atoms with Crippen LogP contribution in [0.4, 0.5) is 0 Å². The Hall–Kier alpha value is -1.66. The normalized spacial score (nSPS) is 24.1. The summed E-state index contributed by atoms with van der Waals surface area (Å²) >= 11 is 6.28. The van der Waals surface area contributed by atoms with Crippen LogP contribution in [0.3, 0.4) is 0 Å². The highest BCUT2D eigenvalue weighted by molar-refractivity contribution is 6.33. The van der Waals surface area contributed by atoms with Gasteiger partial charge in [0.1, 0.15) is 28.4 Å². The smallest absolute Gasteiger partial charge is 0.350 e. The number of hydrogen-bond donors (Lipinski definition) is 1. The Morgan fingerprint density at radius 2 is 1.91 bits per heavy atom. The molecule has 128 valence electrons. The number of rotatable bonds is 6. The molecule has 6 nitrogen and oxygen atoms in total. The van der Waals surface area contributed by atoms with Crippen LogP contribution in [-0.2, 0) is 9.53 Å². The van der Waals surface area contributed by atoms with Gasteiger partial charge in [-0.1, -0.05) is 18.0 Å². The zero-order chi connectivity index (χ0) is 17.0. The first-order chi connectivity index (χ1) is 11.0. The van der Waals surface area contributed by atoms with Crippen molar-refractivity contribution in [3.63, 3.8) is 0 Å². The Kier molecular flexibility index (Phi) is 5.59. The molecule has 0 spiro atoms. The molecule has 0 bridgehead atoms. The first-order valence-corrected chi connectivity index (χ1v) is 7.73. The number of carboxylic acid groups (broad SMARTS) is 1. The summed E-state index contributed by atoms with van der Waals surface area (Å²) < 4.78 is 21.7. The monoisotopic (exact) mass is 344 g/mol. The number of carbonyl (C=O) groups is 1. The van der Waals surface area contributed by atoms with E-state index in [2.05, 4.69) is 0 Å². The molecule has 23 heavy (non-hydrogen) atoms. The zero-order valence-corrected chi connectivity index (χ0v) is 14.2. The maximum absolute atomic E-state index is 12.0. The summed E-state index contributed by atoms with van der Waals surface area (Å²) in [4.78, 5) is 12.0. The molecule has 0 aromatic heterocycles. The summed E-state index contributed by atoms with van der Waals surface area (Å²) in [7, 11) is 4.46. The second kappa shape index (κ2) is 7.27. The van der Waals surface area contributed by atoms with Gasteiger partial charge < -0.3 is 24.1 Å². The maximum Gasteiger partial charge on any atom is 0.350 e. The lowest BCUT2D eigenvalue weighted by Gasteiger charge is -2.39. The summed E-state index contributed by atoms with van der Waals surface area (Å²) in [5.74, 6) is -0.0472. The van der Waals surface area contributed by atoms with Crippen LogP contribution in [0.15, 0.2) is 12.1 Å². The van der Waals surface area contributed by atoms with Crippen LogP contribution >= 0.6 is 11.6 Å². The van der Waals surface area contributed by atoms with Gasteiger partial charge in [-0.15, -0.1) is 0 Å². The number of aliphatic carboxylic acids is 1. The standard InChI is InChI=1S/C16H21ClO6/c1-20-10-8-11(21-2)14(17)12(9-10)23-16(15(18)19)7-5-4-6-13(16)22-3/h8-9,13H,4-7H2,1-3H3,(H,18,19). The fourth-order valence-electron chi connectivity index (χ4n) is 2.91. The molecular weight excluding hydrogens is 324 g/mol. The van der Waals surface area contributed by atoms with Crippen molar-refractivity contribution in [1.29, 1.82) is 0 Å². The molecule has 1 saturated carbocycles. The van der Waals surface area contributed by atoms with Crippen LogP contribution in [0, 0.1) is 0 Å². The molecular formula is C16H21ClO6. The Bertz CT molecular complexity index is 576. The van der Waals surface area contributed by atoms with E-state index in [-0.39, 0.29) is 10.8 Å². The third-order valence-corrected chi connectivity index (χ3v) is 4.53. The Morgan fingerprint density at radius 3 is 2.48 bits per heavy atom. The third-order valence-electron chi connectivity index (χ3n) is 4.16. The van der Waals surface area contributed by atoms with Crippen molar-refractivity contribution in [3.8, 4) is 17.2 Å². The summed E-state index contributed by atoms with van der Waals surface area (Å²) in [6.07, 6.45) is 2.04. The van der Waals surface area contributed by atoms with Crippen LogP contribution in [0.2, 0.25) is 5.02 Å². The summed E-state index contributed by atoms with van der Waals surface area (Å²) in [6.45, 7) is 0. The average Bonchev–Trinajstić information content (AvgIpc) is 2.56. The van der Waals surface area contributed by atoms with E-state index < -0.39 is 17.7 Å². The van der Waals surface area contributed by atoms with Gasteiger partial charge in [0, 0.05) is 25.7 Å². The highest BCUT2D eigenvalue weighted by Gasteiger charge is 2.51. The van der Waals surface area contributed by atoms with E-state index in [0.717, 1.165) is 12.8 Å². The highest BCUT2D eigenvalue weighted by Crippen LogP contribution is 2.43. The van der Waals surface area contributed by atoms with E-state index in [1.807, 2.05) is 0 Å². The summed E-state index contributed by atoms with van der Waals surface area (Å²) in [5.41, 5.74) is -1.48. The molecule has 7 heteroatoms. The minimum atomic E-state index is -1.48.